The molecule has 1 aromatic heterocycles. The van der Waals surface area contributed by atoms with E-state index in [0.29, 0.717) is 4.21 Å². The van der Waals surface area contributed by atoms with E-state index < -0.39 is 10.0 Å². The largest absolute Gasteiger partial charge is 0.312 e. The monoisotopic (exact) mass is 288 g/mol. The van der Waals surface area contributed by atoms with E-state index in [1.807, 2.05) is 6.92 Å². The standard InChI is InChI=1S/C12H20N2O2S2/c1-3-6-13-8-11-9(2)7-12(17-11)18(15,16)14-10-4-5-10/h7,10,13-14H,3-6,8H2,1-2H3. The van der Waals surface area contributed by atoms with Crippen molar-refractivity contribution in [1.82, 2.24) is 10.0 Å². The van der Waals surface area contributed by atoms with Gasteiger partial charge >= 0.3 is 0 Å². The quantitative estimate of drug-likeness (QED) is 0.755. The zero-order chi connectivity index (χ0) is 13.2. The molecule has 0 amide bonds. The summed E-state index contributed by atoms with van der Waals surface area (Å²) in [6, 6.07) is 1.94. The molecule has 0 spiro atoms. The smallest absolute Gasteiger partial charge is 0.250 e. The molecule has 1 aliphatic carbocycles. The second-order valence-corrected chi connectivity index (χ2v) is 7.82. The summed E-state index contributed by atoms with van der Waals surface area (Å²) in [5, 5.41) is 3.31. The van der Waals surface area contributed by atoms with Crippen molar-refractivity contribution in [1.29, 1.82) is 0 Å². The Hall–Kier alpha value is -0.430. The molecule has 0 aromatic carbocycles. The van der Waals surface area contributed by atoms with Gasteiger partial charge in [0, 0.05) is 17.5 Å². The highest BCUT2D eigenvalue weighted by Crippen LogP contribution is 2.28. The van der Waals surface area contributed by atoms with Gasteiger partial charge in [0.2, 0.25) is 10.0 Å². The van der Waals surface area contributed by atoms with E-state index in [0.717, 1.165) is 42.8 Å². The van der Waals surface area contributed by atoms with Gasteiger partial charge < -0.3 is 5.32 Å². The summed E-state index contributed by atoms with van der Waals surface area (Å²) in [6.45, 7) is 5.79. The Morgan fingerprint density at radius 1 is 1.44 bits per heavy atom. The number of thiophene rings is 1. The molecule has 1 aromatic rings. The highest BCUT2D eigenvalue weighted by Gasteiger charge is 2.29. The van der Waals surface area contributed by atoms with Crippen molar-refractivity contribution < 1.29 is 8.42 Å². The lowest BCUT2D eigenvalue weighted by Gasteiger charge is -2.02. The van der Waals surface area contributed by atoms with Crippen LogP contribution in [0.4, 0.5) is 0 Å². The first-order valence-electron chi connectivity index (χ1n) is 6.35. The van der Waals surface area contributed by atoms with Gasteiger partial charge in [-0.2, -0.15) is 0 Å². The Bertz CT molecular complexity index is 504. The van der Waals surface area contributed by atoms with Crippen molar-refractivity contribution in [3.63, 3.8) is 0 Å². The lowest BCUT2D eigenvalue weighted by molar-refractivity contribution is 0.583. The summed E-state index contributed by atoms with van der Waals surface area (Å²) in [7, 11) is -3.29. The van der Waals surface area contributed by atoms with Crippen LogP contribution in [0.15, 0.2) is 10.3 Å². The van der Waals surface area contributed by atoms with Crippen molar-refractivity contribution in [2.24, 2.45) is 0 Å². The maximum Gasteiger partial charge on any atom is 0.250 e. The molecular formula is C12H20N2O2S2. The van der Waals surface area contributed by atoms with E-state index in [1.165, 1.54) is 11.3 Å². The third-order valence-corrected chi connectivity index (χ3v) is 6.11. The minimum Gasteiger partial charge on any atom is -0.312 e. The molecule has 1 saturated carbocycles. The van der Waals surface area contributed by atoms with E-state index >= 15 is 0 Å². The summed E-state index contributed by atoms with van der Waals surface area (Å²) in [5.74, 6) is 0. The van der Waals surface area contributed by atoms with E-state index in [2.05, 4.69) is 17.0 Å². The number of rotatable bonds is 7. The van der Waals surface area contributed by atoms with Gasteiger partial charge in [-0.25, -0.2) is 13.1 Å². The van der Waals surface area contributed by atoms with E-state index in [4.69, 9.17) is 0 Å². The second kappa shape index (κ2) is 5.69. The fraction of sp³-hybridized carbons (Fsp3) is 0.667. The molecule has 102 valence electrons. The second-order valence-electron chi connectivity index (χ2n) is 4.74. The normalized spacial score (nSPS) is 16.1. The third-order valence-electron chi connectivity index (χ3n) is 2.87. The highest BCUT2D eigenvalue weighted by molar-refractivity contribution is 7.91. The molecule has 0 saturated heterocycles. The molecule has 1 fully saturated rings. The van der Waals surface area contributed by atoms with Gasteiger partial charge in [0.15, 0.2) is 0 Å². The topological polar surface area (TPSA) is 58.2 Å². The molecule has 0 aliphatic heterocycles. The minimum absolute atomic E-state index is 0.166. The molecule has 1 aliphatic rings. The highest BCUT2D eigenvalue weighted by atomic mass is 32.2. The average Bonchev–Trinajstić information content (AvgIpc) is 3.01. The Morgan fingerprint density at radius 2 is 2.17 bits per heavy atom. The van der Waals surface area contributed by atoms with Crippen molar-refractivity contribution in [2.75, 3.05) is 6.54 Å². The lowest BCUT2D eigenvalue weighted by atomic mass is 10.3. The van der Waals surface area contributed by atoms with Crippen LogP contribution < -0.4 is 10.0 Å². The number of sulfonamides is 1. The summed E-state index contributed by atoms with van der Waals surface area (Å²) < 4.78 is 27.3. The maximum atomic E-state index is 12.1. The zero-order valence-electron chi connectivity index (χ0n) is 10.8. The molecule has 2 N–H and O–H groups in total. The fourth-order valence-electron chi connectivity index (χ4n) is 1.65. The van der Waals surface area contributed by atoms with Crippen LogP contribution in [0.25, 0.3) is 0 Å². The van der Waals surface area contributed by atoms with Crippen LogP contribution in [-0.2, 0) is 16.6 Å². The summed E-state index contributed by atoms with van der Waals surface area (Å²) >= 11 is 1.37. The van der Waals surface area contributed by atoms with Crippen molar-refractivity contribution in [3.8, 4) is 0 Å². The van der Waals surface area contributed by atoms with Crippen LogP contribution in [0.3, 0.4) is 0 Å². The van der Waals surface area contributed by atoms with Crippen LogP contribution in [-0.4, -0.2) is 21.0 Å². The SMILES string of the molecule is CCCNCc1sc(S(=O)(=O)NC2CC2)cc1C. The van der Waals surface area contributed by atoms with Gasteiger partial charge in [0.05, 0.1) is 0 Å². The van der Waals surface area contributed by atoms with E-state index in [1.54, 1.807) is 6.07 Å². The first-order valence-corrected chi connectivity index (χ1v) is 8.65. The number of nitrogens with one attached hydrogen (secondary N) is 2. The Kier molecular flexibility index (Phi) is 4.42. The molecule has 0 bridgehead atoms. The first kappa shape index (κ1) is 14.0. The molecule has 0 unspecified atom stereocenters. The molecule has 18 heavy (non-hydrogen) atoms. The summed E-state index contributed by atoms with van der Waals surface area (Å²) in [6.07, 6.45) is 3.02. The minimum atomic E-state index is -3.29. The van der Waals surface area contributed by atoms with Crippen molar-refractivity contribution in [3.05, 3.63) is 16.5 Å². The predicted octanol–water partition coefficient (Wildman–Crippen LogP) is 2.00. The molecule has 2 rings (SSSR count). The van der Waals surface area contributed by atoms with Gasteiger partial charge in [-0.1, -0.05) is 6.92 Å². The van der Waals surface area contributed by atoms with Crippen molar-refractivity contribution in [2.45, 2.75) is 49.9 Å². The van der Waals surface area contributed by atoms with Gasteiger partial charge in [-0.3, -0.25) is 0 Å². The summed E-state index contributed by atoms with van der Waals surface area (Å²) in [5.41, 5.74) is 1.06. The number of hydrogen-bond acceptors (Lipinski definition) is 4. The van der Waals surface area contributed by atoms with Gasteiger partial charge in [-0.05, 0) is 44.4 Å². The number of hydrogen-bond donors (Lipinski definition) is 2. The maximum absolute atomic E-state index is 12.1. The molecule has 6 heteroatoms. The summed E-state index contributed by atoms with van der Waals surface area (Å²) in [4.78, 5) is 1.11. The van der Waals surface area contributed by atoms with Crippen LogP contribution in [0.2, 0.25) is 0 Å². The molecule has 1 heterocycles. The predicted molar refractivity (Wildman–Crippen MR) is 74.4 cm³/mol. The Morgan fingerprint density at radius 3 is 2.78 bits per heavy atom. The first-order chi connectivity index (χ1) is 8.53. The Labute approximate surface area is 113 Å². The van der Waals surface area contributed by atoms with Crippen molar-refractivity contribution >= 4 is 21.4 Å². The van der Waals surface area contributed by atoms with Crippen LogP contribution >= 0.6 is 11.3 Å². The number of aryl methyl sites for hydroxylation is 1. The van der Waals surface area contributed by atoms with Gasteiger partial charge in [0.25, 0.3) is 0 Å². The third kappa shape index (κ3) is 3.54. The molecular weight excluding hydrogens is 268 g/mol. The van der Waals surface area contributed by atoms with Crippen LogP contribution in [0.1, 0.15) is 36.6 Å². The molecule has 0 atom stereocenters. The van der Waals surface area contributed by atoms with E-state index in [-0.39, 0.29) is 6.04 Å². The zero-order valence-corrected chi connectivity index (χ0v) is 12.5. The molecule has 4 nitrogen and oxygen atoms in total. The fourth-order valence-corrected chi connectivity index (χ4v) is 4.53. The van der Waals surface area contributed by atoms with Gasteiger partial charge in [-0.15, -0.1) is 11.3 Å². The lowest BCUT2D eigenvalue weighted by Crippen LogP contribution is -2.24. The Balaban J connectivity index is 2.07. The van der Waals surface area contributed by atoms with E-state index in [9.17, 15) is 8.42 Å². The van der Waals surface area contributed by atoms with Crippen LogP contribution in [0, 0.1) is 6.92 Å². The molecule has 0 radical (unpaired) electrons. The van der Waals surface area contributed by atoms with Gasteiger partial charge in [0.1, 0.15) is 4.21 Å². The van der Waals surface area contributed by atoms with Crippen LogP contribution in [0.5, 0.6) is 0 Å². The average molecular weight is 288 g/mol.